The van der Waals surface area contributed by atoms with Crippen LogP contribution >= 0.6 is 0 Å². The number of aromatic nitrogens is 1. The van der Waals surface area contributed by atoms with Crippen LogP contribution in [-0.2, 0) is 4.74 Å². The predicted octanol–water partition coefficient (Wildman–Crippen LogP) is 2.25. The van der Waals surface area contributed by atoms with Gasteiger partial charge < -0.3 is 20.1 Å². The second kappa shape index (κ2) is 6.93. The van der Waals surface area contributed by atoms with Gasteiger partial charge >= 0.3 is 0 Å². The highest BCUT2D eigenvalue weighted by atomic mass is 16.5. The largest absolute Gasteiger partial charge is 0.389 e. The lowest BCUT2D eigenvalue weighted by Crippen LogP contribution is -2.63. The smallest absolute Gasteiger partial charge is 0.126 e. The summed E-state index contributed by atoms with van der Waals surface area (Å²) in [6, 6.07) is 6.98. The Morgan fingerprint density at radius 2 is 2.07 bits per heavy atom. The van der Waals surface area contributed by atoms with E-state index in [-0.39, 0.29) is 5.54 Å². The third-order valence-corrected chi connectivity index (χ3v) is 6.34. The third-order valence-electron chi connectivity index (χ3n) is 6.34. The Labute approximate surface area is 161 Å². The SMILES string of the molecule is CNc1cc2cc(N3CCN(C4(C)COCC4O)CC3C)c(C)cc2cn1. The molecule has 0 radical (unpaired) electrons. The van der Waals surface area contributed by atoms with Crippen LogP contribution in [0.4, 0.5) is 11.5 Å². The normalized spacial score (nSPS) is 29.4. The van der Waals surface area contributed by atoms with Crippen LogP contribution in [0.3, 0.4) is 0 Å². The fourth-order valence-corrected chi connectivity index (χ4v) is 4.48. The minimum atomic E-state index is -0.411. The molecule has 2 aliphatic rings. The molecule has 1 aromatic heterocycles. The van der Waals surface area contributed by atoms with Gasteiger partial charge in [0.2, 0.25) is 0 Å². The first-order chi connectivity index (χ1) is 12.9. The highest BCUT2D eigenvalue weighted by Gasteiger charge is 2.45. The van der Waals surface area contributed by atoms with E-state index in [1.165, 1.54) is 22.0 Å². The Hall–Kier alpha value is -1.89. The van der Waals surface area contributed by atoms with Crippen LogP contribution in [0.15, 0.2) is 24.4 Å². The molecule has 3 atom stereocenters. The van der Waals surface area contributed by atoms with Crippen molar-refractivity contribution < 1.29 is 9.84 Å². The molecule has 0 amide bonds. The van der Waals surface area contributed by atoms with E-state index in [0.29, 0.717) is 19.3 Å². The van der Waals surface area contributed by atoms with E-state index in [4.69, 9.17) is 4.74 Å². The molecule has 1 aromatic carbocycles. The van der Waals surface area contributed by atoms with Gasteiger partial charge in [-0.3, -0.25) is 4.90 Å². The number of piperazine rings is 1. The van der Waals surface area contributed by atoms with Crippen molar-refractivity contribution >= 4 is 22.3 Å². The highest BCUT2D eigenvalue weighted by Crippen LogP contribution is 2.33. The molecule has 0 saturated carbocycles. The number of benzene rings is 1. The van der Waals surface area contributed by atoms with E-state index in [0.717, 1.165) is 25.5 Å². The lowest BCUT2D eigenvalue weighted by atomic mass is 9.93. The monoisotopic (exact) mass is 370 g/mol. The van der Waals surface area contributed by atoms with Gasteiger partial charge in [0, 0.05) is 50.0 Å². The molecule has 2 fully saturated rings. The summed E-state index contributed by atoms with van der Waals surface area (Å²) in [6.07, 6.45) is 1.52. The van der Waals surface area contributed by atoms with Crippen molar-refractivity contribution in [2.75, 3.05) is 50.1 Å². The van der Waals surface area contributed by atoms with Gasteiger partial charge in [-0.15, -0.1) is 0 Å². The van der Waals surface area contributed by atoms with E-state index in [9.17, 15) is 5.11 Å². The molecular formula is C21H30N4O2. The van der Waals surface area contributed by atoms with Gasteiger partial charge in [0.15, 0.2) is 0 Å². The predicted molar refractivity (Wildman–Crippen MR) is 110 cm³/mol. The summed E-state index contributed by atoms with van der Waals surface area (Å²) in [6.45, 7) is 10.4. The van der Waals surface area contributed by atoms with Crippen LogP contribution in [-0.4, -0.2) is 72.6 Å². The topological polar surface area (TPSA) is 60.9 Å². The van der Waals surface area contributed by atoms with Crippen LogP contribution in [0.5, 0.6) is 0 Å². The van der Waals surface area contributed by atoms with Crippen LogP contribution in [0, 0.1) is 6.92 Å². The molecular weight excluding hydrogens is 340 g/mol. The maximum absolute atomic E-state index is 10.4. The summed E-state index contributed by atoms with van der Waals surface area (Å²) in [5.41, 5.74) is 2.29. The molecule has 2 aliphatic heterocycles. The van der Waals surface area contributed by atoms with Crippen LogP contribution < -0.4 is 10.2 Å². The van der Waals surface area contributed by atoms with E-state index in [1.807, 2.05) is 13.2 Å². The number of fused-ring (bicyclic) bond motifs is 1. The van der Waals surface area contributed by atoms with Crippen molar-refractivity contribution in [3.8, 4) is 0 Å². The van der Waals surface area contributed by atoms with Gasteiger partial charge in [-0.2, -0.15) is 0 Å². The van der Waals surface area contributed by atoms with E-state index >= 15 is 0 Å². The summed E-state index contributed by atoms with van der Waals surface area (Å²) < 4.78 is 5.54. The van der Waals surface area contributed by atoms with Crippen LogP contribution in [0.1, 0.15) is 19.4 Å². The van der Waals surface area contributed by atoms with Crippen LogP contribution in [0.25, 0.3) is 10.8 Å². The Morgan fingerprint density at radius 3 is 2.74 bits per heavy atom. The first kappa shape index (κ1) is 18.5. The molecule has 0 spiro atoms. The summed E-state index contributed by atoms with van der Waals surface area (Å²) in [4.78, 5) is 9.33. The zero-order valence-corrected chi connectivity index (χ0v) is 16.7. The maximum atomic E-state index is 10.4. The minimum absolute atomic E-state index is 0.272. The molecule has 0 aliphatic carbocycles. The second-order valence-electron chi connectivity index (χ2n) is 8.18. The first-order valence-electron chi connectivity index (χ1n) is 9.78. The summed E-state index contributed by atoms with van der Waals surface area (Å²) in [5, 5.41) is 15.9. The highest BCUT2D eigenvalue weighted by molar-refractivity contribution is 5.88. The fraction of sp³-hybridized carbons (Fsp3) is 0.571. The number of ether oxygens (including phenoxy) is 1. The number of aliphatic hydroxyl groups is 1. The molecule has 3 heterocycles. The Bertz CT molecular complexity index is 842. The third kappa shape index (κ3) is 3.16. The Balaban J connectivity index is 1.60. The van der Waals surface area contributed by atoms with Gasteiger partial charge in [-0.05, 0) is 49.9 Å². The molecule has 4 rings (SSSR count). The second-order valence-corrected chi connectivity index (χ2v) is 8.18. The van der Waals surface area contributed by atoms with E-state index in [1.54, 1.807) is 0 Å². The number of rotatable bonds is 3. The molecule has 6 nitrogen and oxygen atoms in total. The molecule has 6 heteroatoms. The summed E-state index contributed by atoms with van der Waals surface area (Å²) >= 11 is 0. The molecule has 2 N–H and O–H groups in total. The summed E-state index contributed by atoms with van der Waals surface area (Å²) in [7, 11) is 1.90. The molecule has 0 bridgehead atoms. The maximum Gasteiger partial charge on any atom is 0.126 e. The van der Waals surface area contributed by atoms with Crippen molar-refractivity contribution in [3.63, 3.8) is 0 Å². The van der Waals surface area contributed by atoms with Crippen LogP contribution in [0.2, 0.25) is 0 Å². The number of pyridine rings is 1. The number of aryl methyl sites for hydroxylation is 1. The first-order valence-corrected chi connectivity index (χ1v) is 9.78. The van der Waals surface area contributed by atoms with Crippen molar-refractivity contribution in [2.24, 2.45) is 0 Å². The van der Waals surface area contributed by atoms with Crippen molar-refractivity contribution in [1.29, 1.82) is 0 Å². The Kier molecular flexibility index (Phi) is 4.74. The summed E-state index contributed by atoms with van der Waals surface area (Å²) in [5.74, 6) is 0.887. The number of hydrogen-bond acceptors (Lipinski definition) is 6. The fourth-order valence-electron chi connectivity index (χ4n) is 4.48. The number of anilines is 2. The number of aliphatic hydroxyl groups excluding tert-OH is 1. The minimum Gasteiger partial charge on any atom is -0.389 e. The lowest BCUT2D eigenvalue weighted by molar-refractivity contribution is 0.00223. The molecule has 2 saturated heterocycles. The van der Waals surface area contributed by atoms with E-state index in [2.05, 4.69) is 59.1 Å². The van der Waals surface area contributed by atoms with Gasteiger partial charge in [-0.25, -0.2) is 4.98 Å². The molecule has 146 valence electrons. The lowest BCUT2D eigenvalue weighted by Gasteiger charge is -2.48. The quantitative estimate of drug-likeness (QED) is 0.864. The Morgan fingerprint density at radius 1 is 1.26 bits per heavy atom. The zero-order valence-electron chi connectivity index (χ0n) is 16.7. The number of nitrogens with zero attached hydrogens (tertiary/aromatic N) is 3. The average Bonchev–Trinajstić information content (AvgIpc) is 3.01. The number of nitrogens with one attached hydrogen (secondary N) is 1. The average molecular weight is 370 g/mol. The van der Waals surface area contributed by atoms with E-state index < -0.39 is 6.10 Å². The van der Waals surface area contributed by atoms with Gasteiger partial charge in [0.05, 0.1) is 24.9 Å². The molecule has 27 heavy (non-hydrogen) atoms. The zero-order chi connectivity index (χ0) is 19.2. The van der Waals surface area contributed by atoms with Crippen molar-refractivity contribution in [2.45, 2.75) is 38.5 Å². The van der Waals surface area contributed by atoms with Gasteiger partial charge in [-0.1, -0.05) is 0 Å². The molecule has 3 unspecified atom stereocenters. The standard InChI is InChI=1S/C21H30N4O2/c1-14-7-17-10-23-20(22-4)9-16(17)8-18(14)25-6-5-24(11-15(25)2)21(3)13-27-12-19(21)26/h7-10,15,19,26H,5-6,11-13H2,1-4H3,(H,22,23). The van der Waals surface area contributed by atoms with Gasteiger partial charge in [0.25, 0.3) is 0 Å². The van der Waals surface area contributed by atoms with Crippen molar-refractivity contribution in [1.82, 2.24) is 9.88 Å². The van der Waals surface area contributed by atoms with Crippen molar-refractivity contribution in [3.05, 3.63) is 30.0 Å². The van der Waals surface area contributed by atoms with Gasteiger partial charge in [0.1, 0.15) is 5.82 Å². The molecule has 2 aromatic rings. The number of hydrogen-bond donors (Lipinski definition) is 2.